The van der Waals surface area contributed by atoms with E-state index < -0.39 is 4.92 Å². The van der Waals surface area contributed by atoms with Gasteiger partial charge in [-0.25, -0.2) is 24.9 Å². The number of nitrogens with one attached hydrogen (secondary N) is 1. The summed E-state index contributed by atoms with van der Waals surface area (Å²) in [6.45, 7) is 0. The third-order valence-electron chi connectivity index (χ3n) is 11.9. The largest absolute Gasteiger partial charge is 0.353 e. The van der Waals surface area contributed by atoms with E-state index in [0.29, 0.717) is 16.8 Å². The van der Waals surface area contributed by atoms with Crippen molar-refractivity contribution < 1.29 is 4.92 Å². The van der Waals surface area contributed by atoms with Gasteiger partial charge in [-0.1, -0.05) is 97.1 Å². The van der Waals surface area contributed by atoms with E-state index in [2.05, 4.69) is 56.3 Å². The first-order chi connectivity index (χ1) is 32.5. The zero-order chi connectivity index (χ0) is 44.1. The normalized spacial score (nSPS) is 11.5. The number of hydrogen-bond acceptors (Lipinski definition) is 8. The van der Waals surface area contributed by atoms with Crippen LogP contribution < -0.4 is 0 Å². The fraction of sp³-hybridized carbons (Fsp3) is 0. The predicted octanol–water partition coefficient (Wildman–Crippen LogP) is 12.5. The van der Waals surface area contributed by atoms with E-state index in [0.717, 1.165) is 94.1 Å². The second-order valence-electron chi connectivity index (χ2n) is 15.8. The van der Waals surface area contributed by atoms with Crippen molar-refractivity contribution in [2.75, 3.05) is 0 Å². The van der Waals surface area contributed by atoms with Crippen LogP contribution in [-0.4, -0.2) is 48.9 Å². The molecule has 12 nitrogen and oxygen atoms in total. The SMILES string of the molecule is O=[N+]([O-])c1cnc(-c2ccccc2)cc1-c1cnc2c(ccn2-c2ccc3ccccc3n2)c1.c1ccc(-c2cc3c(cn2)[nH]c2c3cnc3c2ccn3-c2ccc3ccccc3n2)cc1. The number of benzene rings is 4. The monoisotopic (exact) mass is 854 g/mol. The highest BCUT2D eigenvalue weighted by Crippen LogP contribution is 2.35. The summed E-state index contributed by atoms with van der Waals surface area (Å²) in [7, 11) is 0. The van der Waals surface area contributed by atoms with Crippen LogP contribution in [0.25, 0.3) is 111 Å². The number of nitro groups is 1. The molecular weight excluding hydrogens is 821 g/mol. The first-order valence-electron chi connectivity index (χ1n) is 21.2. The van der Waals surface area contributed by atoms with Crippen molar-refractivity contribution in [2.45, 2.75) is 0 Å². The van der Waals surface area contributed by atoms with Crippen molar-refractivity contribution in [3.05, 3.63) is 211 Å². The zero-order valence-corrected chi connectivity index (χ0v) is 34.9. The second kappa shape index (κ2) is 15.7. The van der Waals surface area contributed by atoms with E-state index in [-0.39, 0.29) is 5.69 Å². The summed E-state index contributed by atoms with van der Waals surface area (Å²) in [4.78, 5) is 42.9. The minimum atomic E-state index is -0.411. The van der Waals surface area contributed by atoms with Gasteiger partial charge in [-0.15, -0.1) is 0 Å². The number of nitrogens with zero attached hydrogens (tertiary/aromatic N) is 9. The average molecular weight is 855 g/mol. The van der Waals surface area contributed by atoms with E-state index in [1.807, 2.05) is 155 Å². The van der Waals surface area contributed by atoms with E-state index in [1.165, 1.54) is 6.20 Å². The fourth-order valence-corrected chi connectivity index (χ4v) is 8.62. The van der Waals surface area contributed by atoms with Gasteiger partial charge in [0.2, 0.25) is 0 Å². The second-order valence-corrected chi connectivity index (χ2v) is 15.8. The van der Waals surface area contributed by atoms with Crippen molar-refractivity contribution in [3.63, 3.8) is 0 Å². The molecule has 66 heavy (non-hydrogen) atoms. The van der Waals surface area contributed by atoms with Crippen LogP contribution in [0.3, 0.4) is 0 Å². The molecule has 4 aromatic carbocycles. The molecular formula is C54H34N10O2. The van der Waals surface area contributed by atoms with Crippen LogP contribution in [0, 0.1) is 10.1 Å². The van der Waals surface area contributed by atoms with Crippen LogP contribution in [-0.2, 0) is 0 Å². The van der Waals surface area contributed by atoms with Gasteiger partial charge >= 0.3 is 0 Å². The molecule has 0 saturated carbocycles. The topological polar surface area (TPSA) is 146 Å². The molecule has 0 unspecified atom stereocenters. The maximum Gasteiger partial charge on any atom is 0.295 e. The van der Waals surface area contributed by atoms with E-state index in [4.69, 9.17) is 15.0 Å². The Morgan fingerprint density at radius 3 is 1.74 bits per heavy atom. The van der Waals surface area contributed by atoms with Gasteiger partial charge in [0.15, 0.2) is 0 Å². The molecule has 0 aliphatic carbocycles. The summed E-state index contributed by atoms with van der Waals surface area (Å²) in [5.41, 5.74) is 10.2. The van der Waals surface area contributed by atoms with Crippen molar-refractivity contribution in [3.8, 4) is 45.3 Å². The van der Waals surface area contributed by atoms with Gasteiger partial charge in [0.05, 0.1) is 50.1 Å². The summed E-state index contributed by atoms with van der Waals surface area (Å²) < 4.78 is 3.96. The van der Waals surface area contributed by atoms with Crippen molar-refractivity contribution >= 4 is 71.4 Å². The van der Waals surface area contributed by atoms with E-state index >= 15 is 0 Å². The highest BCUT2D eigenvalue weighted by Gasteiger charge is 2.20. The third kappa shape index (κ3) is 6.73. The number of aromatic nitrogens is 9. The number of fused-ring (bicyclic) bond motifs is 8. The first kappa shape index (κ1) is 38.3. The molecule has 0 aliphatic heterocycles. The van der Waals surface area contributed by atoms with Crippen LogP contribution in [0.2, 0.25) is 0 Å². The molecule has 13 rings (SSSR count). The molecule has 12 heteroatoms. The Morgan fingerprint density at radius 1 is 0.470 bits per heavy atom. The van der Waals surface area contributed by atoms with Crippen LogP contribution in [0.4, 0.5) is 5.69 Å². The van der Waals surface area contributed by atoms with Gasteiger partial charge in [0, 0.05) is 73.8 Å². The van der Waals surface area contributed by atoms with E-state index in [1.54, 1.807) is 12.3 Å². The average Bonchev–Trinajstić information content (AvgIpc) is 4.12. The minimum absolute atomic E-state index is 0.0588. The molecule has 0 fully saturated rings. The summed E-state index contributed by atoms with van der Waals surface area (Å²) in [5, 5.41) is 18.1. The van der Waals surface area contributed by atoms with E-state index in [9.17, 15) is 10.1 Å². The lowest BCUT2D eigenvalue weighted by atomic mass is 10.0. The van der Waals surface area contributed by atoms with Crippen molar-refractivity contribution in [1.29, 1.82) is 0 Å². The van der Waals surface area contributed by atoms with Crippen LogP contribution in [0.5, 0.6) is 0 Å². The quantitative estimate of drug-likeness (QED) is 0.128. The number of H-pyrrole nitrogens is 1. The molecule has 312 valence electrons. The Hall–Kier alpha value is -9.42. The molecule has 0 saturated heterocycles. The fourth-order valence-electron chi connectivity index (χ4n) is 8.62. The number of rotatable bonds is 6. The molecule has 9 heterocycles. The molecule has 1 N–H and O–H groups in total. The van der Waals surface area contributed by atoms with Crippen molar-refractivity contribution in [1.82, 2.24) is 44.0 Å². The van der Waals surface area contributed by atoms with Gasteiger partial charge in [0.25, 0.3) is 5.69 Å². The van der Waals surface area contributed by atoms with Crippen LogP contribution in [0.15, 0.2) is 201 Å². The summed E-state index contributed by atoms with van der Waals surface area (Å²) >= 11 is 0. The van der Waals surface area contributed by atoms with Gasteiger partial charge in [-0.2, -0.15) is 0 Å². The number of para-hydroxylation sites is 2. The molecule has 0 amide bonds. The summed E-state index contributed by atoms with van der Waals surface area (Å²) in [6.07, 6.45) is 10.8. The van der Waals surface area contributed by atoms with Crippen molar-refractivity contribution in [2.24, 2.45) is 0 Å². The molecule has 0 spiro atoms. The molecule has 9 aromatic heterocycles. The van der Waals surface area contributed by atoms with Gasteiger partial charge in [-0.05, 0) is 66.7 Å². The number of pyridine rings is 6. The highest BCUT2D eigenvalue weighted by atomic mass is 16.6. The smallest absolute Gasteiger partial charge is 0.295 e. The molecule has 0 radical (unpaired) electrons. The maximum atomic E-state index is 11.7. The first-order valence-corrected chi connectivity index (χ1v) is 21.2. The van der Waals surface area contributed by atoms with Crippen LogP contribution >= 0.6 is 0 Å². The molecule has 13 aromatic rings. The minimum Gasteiger partial charge on any atom is -0.353 e. The molecule has 0 aliphatic rings. The Bertz CT molecular complexity index is 3990. The lowest BCUT2D eigenvalue weighted by molar-refractivity contribution is -0.384. The highest BCUT2D eigenvalue weighted by molar-refractivity contribution is 6.16. The Morgan fingerprint density at radius 2 is 1.06 bits per heavy atom. The zero-order valence-electron chi connectivity index (χ0n) is 34.9. The molecule has 0 atom stereocenters. The molecule has 0 bridgehead atoms. The summed E-state index contributed by atoms with van der Waals surface area (Å²) in [5.74, 6) is 1.62. The van der Waals surface area contributed by atoms with Gasteiger partial charge in [-0.3, -0.25) is 24.2 Å². The summed E-state index contributed by atoms with van der Waals surface area (Å²) in [6, 6.07) is 53.9. The predicted molar refractivity (Wildman–Crippen MR) is 261 cm³/mol. The Balaban J connectivity index is 0.000000138. The van der Waals surface area contributed by atoms with Gasteiger partial charge in [0.1, 0.15) is 29.1 Å². The number of hydrogen-bond donors (Lipinski definition) is 1. The number of aromatic amines is 1. The Labute approximate surface area is 375 Å². The lowest BCUT2D eigenvalue weighted by Crippen LogP contribution is -1.98. The van der Waals surface area contributed by atoms with Crippen LogP contribution in [0.1, 0.15) is 0 Å². The third-order valence-corrected chi connectivity index (χ3v) is 11.9. The standard InChI is InChI=1S/C27H17N5O2.C27H17N5/c33-32(34)25-17-28-24(18-6-2-1-3-7-18)15-22(25)21-14-20-12-13-31(27(20)29-16-21)26-11-10-19-8-4-5-9-23(19)30-26;1-2-6-17(7-3-1)23-14-20-21-15-29-27-19(26(21)31-24(20)16-28-23)12-13-32(27)25-11-10-18-8-4-5-9-22(18)30-25/h1-17H;1-16,31H. The maximum absolute atomic E-state index is 11.7. The van der Waals surface area contributed by atoms with Gasteiger partial charge < -0.3 is 4.98 Å². The lowest BCUT2D eigenvalue weighted by Gasteiger charge is -2.08. The Kier molecular flexibility index (Phi) is 9.12.